The number of rotatable bonds is 2. The minimum absolute atomic E-state index is 0.178. The Morgan fingerprint density at radius 3 is 2.57 bits per heavy atom. The molecular weight excluding hydrogens is 283 g/mol. The van der Waals surface area contributed by atoms with Crippen molar-refractivity contribution in [1.29, 1.82) is 0 Å². The zero-order valence-electron chi connectivity index (χ0n) is 11.9. The second-order valence-electron chi connectivity index (χ2n) is 5.59. The van der Waals surface area contributed by atoms with Gasteiger partial charge in [0.25, 0.3) is 0 Å². The zero-order chi connectivity index (χ0) is 15.8. The summed E-state index contributed by atoms with van der Waals surface area (Å²) in [6, 6.07) is 3.55. The third kappa shape index (κ3) is 3.14. The summed E-state index contributed by atoms with van der Waals surface area (Å²) in [5.74, 6) is -1.13. The average molecular weight is 301 g/mol. The maximum Gasteiger partial charge on any atom is 0.417 e. The molecule has 0 aliphatic carbocycles. The van der Waals surface area contributed by atoms with E-state index in [2.05, 4.69) is 6.92 Å². The van der Waals surface area contributed by atoms with Crippen molar-refractivity contribution in [2.75, 3.05) is 11.4 Å². The van der Waals surface area contributed by atoms with Gasteiger partial charge in [-0.3, -0.25) is 0 Å². The summed E-state index contributed by atoms with van der Waals surface area (Å²) in [7, 11) is 0. The first kappa shape index (κ1) is 15.7. The smallest absolute Gasteiger partial charge is 0.417 e. The van der Waals surface area contributed by atoms with E-state index in [0.717, 1.165) is 31.5 Å². The molecule has 0 bridgehead atoms. The third-order valence-electron chi connectivity index (χ3n) is 4.24. The molecule has 3 nitrogen and oxygen atoms in total. The van der Waals surface area contributed by atoms with Gasteiger partial charge in [-0.25, -0.2) is 4.79 Å². The van der Waals surface area contributed by atoms with Crippen LogP contribution in [0.25, 0.3) is 0 Å². The summed E-state index contributed by atoms with van der Waals surface area (Å²) < 4.78 is 38.5. The molecule has 2 rings (SSSR count). The van der Waals surface area contributed by atoms with E-state index in [9.17, 15) is 18.0 Å². The van der Waals surface area contributed by atoms with Crippen LogP contribution in [-0.2, 0) is 6.18 Å². The number of aromatic carboxylic acids is 1. The van der Waals surface area contributed by atoms with Crippen LogP contribution >= 0.6 is 0 Å². The highest BCUT2D eigenvalue weighted by Gasteiger charge is 2.36. The molecule has 0 amide bonds. The van der Waals surface area contributed by atoms with Gasteiger partial charge in [-0.2, -0.15) is 13.2 Å². The van der Waals surface area contributed by atoms with E-state index in [-0.39, 0.29) is 6.04 Å². The van der Waals surface area contributed by atoms with Gasteiger partial charge in [0.15, 0.2) is 0 Å². The van der Waals surface area contributed by atoms with Crippen LogP contribution in [0.4, 0.5) is 18.9 Å². The lowest BCUT2D eigenvalue weighted by Gasteiger charge is -2.39. The molecule has 0 aromatic heterocycles. The molecule has 0 saturated carbocycles. The fourth-order valence-corrected chi connectivity index (χ4v) is 2.83. The lowest BCUT2D eigenvalue weighted by Crippen LogP contribution is -2.42. The number of hydrogen-bond donors (Lipinski definition) is 1. The van der Waals surface area contributed by atoms with Crippen molar-refractivity contribution in [3.8, 4) is 0 Å². The topological polar surface area (TPSA) is 40.5 Å². The van der Waals surface area contributed by atoms with Gasteiger partial charge in [-0.1, -0.05) is 6.92 Å². The fourth-order valence-electron chi connectivity index (χ4n) is 2.83. The Morgan fingerprint density at radius 1 is 1.33 bits per heavy atom. The summed E-state index contributed by atoms with van der Waals surface area (Å²) in [4.78, 5) is 13.1. The van der Waals surface area contributed by atoms with Crippen molar-refractivity contribution in [2.24, 2.45) is 5.92 Å². The molecule has 1 aromatic carbocycles. The second-order valence-corrected chi connectivity index (χ2v) is 5.59. The van der Waals surface area contributed by atoms with Crippen molar-refractivity contribution >= 4 is 11.7 Å². The van der Waals surface area contributed by atoms with Crippen molar-refractivity contribution < 1.29 is 23.1 Å². The quantitative estimate of drug-likeness (QED) is 0.896. The van der Waals surface area contributed by atoms with Crippen LogP contribution in [0.3, 0.4) is 0 Å². The average Bonchev–Trinajstić information content (AvgIpc) is 2.40. The van der Waals surface area contributed by atoms with Crippen LogP contribution in [0.5, 0.6) is 0 Å². The Labute approximate surface area is 121 Å². The molecular formula is C15H18F3NO2. The van der Waals surface area contributed by atoms with Gasteiger partial charge in [-0.05, 0) is 43.9 Å². The summed E-state index contributed by atoms with van der Waals surface area (Å²) in [5, 5.41) is 9.05. The first-order valence-electron chi connectivity index (χ1n) is 6.93. The number of halogens is 3. The van der Waals surface area contributed by atoms with Crippen LogP contribution in [0.15, 0.2) is 18.2 Å². The number of anilines is 1. The summed E-state index contributed by atoms with van der Waals surface area (Å²) in [6.45, 7) is 4.84. The van der Waals surface area contributed by atoms with Gasteiger partial charge in [0.05, 0.1) is 11.1 Å². The Hall–Kier alpha value is -1.72. The van der Waals surface area contributed by atoms with E-state index in [1.165, 1.54) is 6.07 Å². The monoisotopic (exact) mass is 301 g/mol. The first-order chi connectivity index (χ1) is 9.71. The summed E-state index contributed by atoms with van der Waals surface area (Å²) in [5.41, 5.74) is -1.25. The van der Waals surface area contributed by atoms with Crippen molar-refractivity contribution in [3.05, 3.63) is 29.3 Å². The standard InChI is InChI=1S/C15H18F3NO2/c1-9-4-3-7-19(10(9)2)11-5-6-13(15(16,17)18)12(8-11)14(20)21/h5-6,8-10H,3-4,7H2,1-2H3,(H,20,21). The molecule has 1 saturated heterocycles. The molecule has 0 radical (unpaired) electrons. The lowest BCUT2D eigenvalue weighted by atomic mass is 9.91. The molecule has 2 unspecified atom stereocenters. The van der Waals surface area contributed by atoms with E-state index >= 15 is 0 Å². The Morgan fingerprint density at radius 2 is 2.00 bits per heavy atom. The predicted molar refractivity (Wildman–Crippen MR) is 73.6 cm³/mol. The van der Waals surface area contributed by atoms with Crippen LogP contribution < -0.4 is 4.90 Å². The van der Waals surface area contributed by atoms with Crippen molar-refractivity contribution in [1.82, 2.24) is 0 Å². The maximum atomic E-state index is 12.8. The van der Waals surface area contributed by atoms with Gasteiger partial charge in [0.2, 0.25) is 0 Å². The maximum absolute atomic E-state index is 12.8. The zero-order valence-corrected chi connectivity index (χ0v) is 11.9. The third-order valence-corrected chi connectivity index (χ3v) is 4.24. The minimum atomic E-state index is -4.66. The summed E-state index contributed by atoms with van der Waals surface area (Å²) in [6.07, 6.45) is -2.63. The number of hydrogen-bond acceptors (Lipinski definition) is 2. The van der Waals surface area contributed by atoms with Gasteiger partial charge in [-0.15, -0.1) is 0 Å². The summed E-state index contributed by atoms with van der Waals surface area (Å²) >= 11 is 0. The normalized spacial score (nSPS) is 23.2. The molecule has 6 heteroatoms. The highest BCUT2D eigenvalue weighted by atomic mass is 19.4. The molecule has 1 aromatic rings. The Bertz CT molecular complexity index is 542. The molecule has 1 fully saturated rings. The van der Waals surface area contributed by atoms with E-state index in [0.29, 0.717) is 11.6 Å². The van der Waals surface area contributed by atoms with E-state index in [1.54, 1.807) is 0 Å². The number of carboxylic acids is 1. The van der Waals surface area contributed by atoms with Gasteiger partial charge in [0, 0.05) is 18.3 Å². The number of carboxylic acid groups (broad SMARTS) is 1. The molecule has 2 atom stereocenters. The minimum Gasteiger partial charge on any atom is -0.478 e. The van der Waals surface area contributed by atoms with E-state index in [1.807, 2.05) is 11.8 Å². The SMILES string of the molecule is CC1CCCN(c2ccc(C(F)(F)F)c(C(=O)O)c2)C1C. The molecule has 116 valence electrons. The van der Waals surface area contributed by atoms with Crippen LogP contribution in [0.1, 0.15) is 42.6 Å². The number of benzene rings is 1. The molecule has 21 heavy (non-hydrogen) atoms. The second kappa shape index (κ2) is 5.58. The highest BCUT2D eigenvalue weighted by molar-refractivity contribution is 5.91. The Kier molecular flexibility index (Phi) is 4.16. The molecule has 1 aliphatic heterocycles. The molecule has 1 aliphatic rings. The van der Waals surface area contributed by atoms with Crippen LogP contribution in [-0.4, -0.2) is 23.7 Å². The van der Waals surface area contributed by atoms with Gasteiger partial charge in [0.1, 0.15) is 0 Å². The largest absolute Gasteiger partial charge is 0.478 e. The molecule has 0 spiro atoms. The lowest BCUT2D eigenvalue weighted by molar-refractivity contribution is -0.138. The van der Waals surface area contributed by atoms with Crippen molar-refractivity contribution in [3.63, 3.8) is 0 Å². The van der Waals surface area contributed by atoms with Crippen molar-refractivity contribution in [2.45, 2.75) is 38.9 Å². The van der Waals surface area contributed by atoms with Gasteiger partial charge < -0.3 is 10.0 Å². The Balaban J connectivity index is 2.43. The number of piperidine rings is 1. The fraction of sp³-hybridized carbons (Fsp3) is 0.533. The van der Waals surface area contributed by atoms with E-state index in [4.69, 9.17) is 5.11 Å². The van der Waals surface area contributed by atoms with Gasteiger partial charge >= 0.3 is 12.1 Å². The number of nitrogens with zero attached hydrogens (tertiary/aromatic N) is 1. The molecule has 1 N–H and O–H groups in total. The van der Waals surface area contributed by atoms with Crippen LogP contribution in [0.2, 0.25) is 0 Å². The van der Waals surface area contributed by atoms with E-state index < -0.39 is 23.3 Å². The highest BCUT2D eigenvalue weighted by Crippen LogP contribution is 2.36. The number of alkyl halides is 3. The van der Waals surface area contributed by atoms with Crippen LogP contribution in [0, 0.1) is 5.92 Å². The predicted octanol–water partition coefficient (Wildman–Crippen LogP) is 4.03. The first-order valence-corrected chi connectivity index (χ1v) is 6.93. The number of carbonyl (C=O) groups is 1. The molecule has 1 heterocycles.